The number of unbranched alkanes of at least 4 members (excludes halogenated alkanes) is 2. The number of carbonyl (C=O) groups is 1. The summed E-state index contributed by atoms with van der Waals surface area (Å²) in [6, 6.07) is 0. The van der Waals surface area contributed by atoms with Crippen molar-refractivity contribution < 1.29 is 4.79 Å². The molecule has 0 aliphatic carbocycles. The maximum atomic E-state index is 10.9. The molecule has 1 N–H and O–H groups in total. The van der Waals surface area contributed by atoms with E-state index in [1.807, 2.05) is 0 Å². The van der Waals surface area contributed by atoms with E-state index in [1.165, 1.54) is 0 Å². The maximum absolute atomic E-state index is 10.9. The molecular weight excluding hydrogens is 138 g/mol. The van der Waals surface area contributed by atoms with Gasteiger partial charge in [0.15, 0.2) is 0 Å². The molecule has 0 aromatic heterocycles. The van der Waals surface area contributed by atoms with Gasteiger partial charge in [0, 0.05) is 13.0 Å². The first-order valence-electron chi connectivity index (χ1n) is 4.37. The Labute approximate surface area is 69.4 Å². The van der Waals surface area contributed by atoms with Crippen LogP contribution in [0.15, 0.2) is 0 Å². The van der Waals surface area contributed by atoms with Gasteiger partial charge in [0.2, 0.25) is 5.91 Å². The molecule has 0 aliphatic rings. The molecule has 0 aromatic carbocycles. The standard InChI is InChI=1S/C9H18NO/c1-3-5-7-9(11)10-8-6-4-2/h1,3-8H2,2H3,(H,10,11). The van der Waals surface area contributed by atoms with Crippen molar-refractivity contribution in [3.05, 3.63) is 6.92 Å². The highest BCUT2D eigenvalue weighted by molar-refractivity contribution is 5.75. The van der Waals surface area contributed by atoms with Crippen LogP contribution in [-0.2, 0) is 4.79 Å². The van der Waals surface area contributed by atoms with E-state index < -0.39 is 0 Å². The summed E-state index contributed by atoms with van der Waals surface area (Å²) in [5, 5.41) is 2.85. The molecule has 0 saturated heterocycles. The van der Waals surface area contributed by atoms with Gasteiger partial charge in [0.25, 0.3) is 0 Å². The van der Waals surface area contributed by atoms with Crippen LogP contribution in [-0.4, -0.2) is 12.5 Å². The summed E-state index contributed by atoms with van der Waals surface area (Å²) in [6.45, 7) is 6.61. The van der Waals surface area contributed by atoms with Crippen molar-refractivity contribution >= 4 is 5.91 Å². The van der Waals surface area contributed by atoms with Crippen LogP contribution >= 0.6 is 0 Å². The fourth-order valence-corrected chi connectivity index (χ4v) is 0.779. The molecular formula is C9H18NO. The van der Waals surface area contributed by atoms with Gasteiger partial charge < -0.3 is 5.32 Å². The second-order valence-corrected chi connectivity index (χ2v) is 2.66. The molecule has 0 aromatic rings. The molecule has 0 rings (SSSR count). The van der Waals surface area contributed by atoms with Crippen LogP contribution in [0, 0.1) is 6.92 Å². The Hall–Kier alpha value is -0.530. The number of hydrogen-bond donors (Lipinski definition) is 1. The molecule has 0 heterocycles. The van der Waals surface area contributed by atoms with Gasteiger partial charge >= 0.3 is 0 Å². The lowest BCUT2D eigenvalue weighted by atomic mass is 10.2. The van der Waals surface area contributed by atoms with Crippen LogP contribution in [0.5, 0.6) is 0 Å². The molecule has 0 atom stereocenters. The molecule has 0 aliphatic heterocycles. The smallest absolute Gasteiger partial charge is 0.219 e. The Bertz CT molecular complexity index is 102. The average Bonchev–Trinajstić information content (AvgIpc) is 2.01. The molecule has 0 bridgehead atoms. The second kappa shape index (κ2) is 7.58. The molecule has 0 unspecified atom stereocenters. The van der Waals surface area contributed by atoms with Crippen molar-refractivity contribution in [3.8, 4) is 0 Å². The zero-order valence-electron chi connectivity index (χ0n) is 7.36. The number of amides is 1. The van der Waals surface area contributed by atoms with Crippen LogP contribution < -0.4 is 5.32 Å². The second-order valence-electron chi connectivity index (χ2n) is 2.66. The first kappa shape index (κ1) is 10.5. The third-order valence-electron chi connectivity index (χ3n) is 1.51. The highest BCUT2D eigenvalue weighted by Crippen LogP contribution is 1.92. The third-order valence-corrected chi connectivity index (χ3v) is 1.51. The van der Waals surface area contributed by atoms with Gasteiger partial charge in [-0.2, -0.15) is 0 Å². The molecule has 0 fully saturated rings. The Morgan fingerprint density at radius 3 is 2.73 bits per heavy atom. The van der Waals surface area contributed by atoms with Crippen LogP contribution in [0.4, 0.5) is 0 Å². The number of carbonyl (C=O) groups excluding carboxylic acids is 1. The molecule has 1 radical (unpaired) electrons. The van der Waals surface area contributed by atoms with Crippen molar-refractivity contribution in [2.24, 2.45) is 0 Å². The zero-order chi connectivity index (χ0) is 8.53. The fraction of sp³-hybridized carbons (Fsp3) is 0.778. The monoisotopic (exact) mass is 156 g/mol. The lowest BCUT2D eigenvalue weighted by Crippen LogP contribution is -2.23. The third kappa shape index (κ3) is 7.37. The molecule has 1 amide bonds. The molecule has 65 valence electrons. The summed E-state index contributed by atoms with van der Waals surface area (Å²) >= 11 is 0. The molecule has 2 heteroatoms. The zero-order valence-corrected chi connectivity index (χ0v) is 7.36. The van der Waals surface area contributed by atoms with Gasteiger partial charge in [-0.1, -0.05) is 26.7 Å². The number of hydrogen-bond acceptors (Lipinski definition) is 1. The van der Waals surface area contributed by atoms with Crippen molar-refractivity contribution in [2.75, 3.05) is 6.54 Å². The Morgan fingerprint density at radius 2 is 2.18 bits per heavy atom. The molecule has 11 heavy (non-hydrogen) atoms. The molecule has 0 saturated carbocycles. The average molecular weight is 156 g/mol. The van der Waals surface area contributed by atoms with Gasteiger partial charge in [-0.15, -0.1) is 0 Å². The van der Waals surface area contributed by atoms with Gasteiger partial charge in [-0.05, 0) is 12.8 Å². The number of nitrogens with one attached hydrogen (secondary N) is 1. The lowest BCUT2D eigenvalue weighted by molar-refractivity contribution is -0.121. The molecule has 0 spiro atoms. The van der Waals surface area contributed by atoms with Crippen molar-refractivity contribution in [1.29, 1.82) is 0 Å². The minimum atomic E-state index is 0.169. The predicted molar refractivity (Wildman–Crippen MR) is 47.1 cm³/mol. The van der Waals surface area contributed by atoms with Crippen LogP contribution in [0.1, 0.15) is 39.0 Å². The summed E-state index contributed by atoms with van der Waals surface area (Å²) in [4.78, 5) is 10.9. The van der Waals surface area contributed by atoms with Gasteiger partial charge in [0.1, 0.15) is 0 Å². The van der Waals surface area contributed by atoms with E-state index in [2.05, 4.69) is 19.2 Å². The minimum absolute atomic E-state index is 0.169. The van der Waals surface area contributed by atoms with Crippen LogP contribution in [0.3, 0.4) is 0 Å². The van der Waals surface area contributed by atoms with E-state index in [0.717, 1.165) is 32.2 Å². The first-order chi connectivity index (χ1) is 5.31. The maximum Gasteiger partial charge on any atom is 0.219 e. The van der Waals surface area contributed by atoms with Crippen molar-refractivity contribution in [1.82, 2.24) is 5.32 Å². The summed E-state index contributed by atoms with van der Waals surface area (Å²) in [5.74, 6) is 0.169. The van der Waals surface area contributed by atoms with E-state index in [-0.39, 0.29) is 5.91 Å². The van der Waals surface area contributed by atoms with Gasteiger partial charge in [-0.25, -0.2) is 0 Å². The van der Waals surface area contributed by atoms with E-state index >= 15 is 0 Å². The normalized spacial score (nSPS) is 9.64. The van der Waals surface area contributed by atoms with Crippen molar-refractivity contribution in [2.45, 2.75) is 39.0 Å². The fourth-order valence-electron chi connectivity index (χ4n) is 0.779. The van der Waals surface area contributed by atoms with Crippen LogP contribution in [0.2, 0.25) is 0 Å². The topological polar surface area (TPSA) is 29.1 Å². The quantitative estimate of drug-likeness (QED) is 0.585. The van der Waals surface area contributed by atoms with E-state index in [9.17, 15) is 4.79 Å². The van der Waals surface area contributed by atoms with Crippen LogP contribution in [0.25, 0.3) is 0 Å². The summed E-state index contributed by atoms with van der Waals surface area (Å²) < 4.78 is 0. The first-order valence-corrected chi connectivity index (χ1v) is 4.37. The summed E-state index contributed by atoms with van der Waals surface area (Å²) in [7, 11) is 0. The highest BCUT2D eigenvalue weighted by Gasteiger charge is 1.97. The Kier molecular flexibility index (Phi) is 7.21. The predicted octanol–water partition coefficient (Wildman–Crippen LogP) is 1.91. The largest absolute Gasteiger partial charge is 0.356 e. The van der Waals surface area contributed by atoms with Gasteiger partial charge in [0.05, 0.1) is 0 Å². The minimum Gasteiger partial charge on any atom is -0.356 e. The summed E-state index contributed by atoms with van der Waals surface area (Å²) in [6.07, 6.45) is 4.60. The SMILES string of the molecule is [CH2]CCCC(=O)NCCCC. The van der Waals surface area contributed by atoms with E-state index in [4.69, 9.17) is 0 Å². The van der Waals surface area contributed by atoms with Crippen molar-refractivity contribution in [3.63, 3.8) is 0 Å². The Balaban J connectivity index is 3.09. The lowest BCUT2D eigenvalue weighted by Gasteiger charge is -2.01. The van der Waals surface area contributed by atoms with E-state index in [1.54, 1.807) is 0 Å². The summed E-state index contributed by atoms with van der Waals surface area (Å²) in [5.41, 5.74) is 0. The number of rotatable bonds is 6. The Morgan fingerprint density at radius 1 is 1.45 bits per heavy atom. The van der Waals surface area contributed by atoms with E-state index in [0.29, 0.717) is 6.42 Å². The molecule has 2 nitrogen and oxygen atoms in total. The van der Waals surface area contributed by atoms with Gasteiger partial charge in [-0.3, -0.25) is 4.79 Å². The highest BCUT2D eigenvalue weighted by atomic mass is 16.1.